The van der Waals surface area contributed by atoms with E-state index >= 15 is 0 Å². The molecule has 0 radical (unpaired) electrons. The first-order valence-corrected chi connectivity index (χ1v) is 10.6. The predicted molar refractivity (Wildman–Crippen MR) is 93.1 cm³/mol. The highest BCUT2D eigenvalue weighted by molar-refractivity contribution is 6.97. The summed E-state index contributed by atoms with van der Waals surface area (Å²) in [6, 6.07) is 14.0. The zero-order valence-corrected chi connectivity index (χ0v) is 14.3. The Labute approximate surface area is 125 Å². The molecule has 1 aromatic carbocycles. The SMILES string of the molecule is CCCCC1=C([Si](CC)(CC)c2ccccc2)CC=C1. The van der Waals surface area contributed by atoms with Gasteiger partial charge in [-0.25, -0.2) is 0 Å². The largest absolute Gasteiger partial charge is 0.113 e. The van der Waals surface area contributed by atoms with Crippen LogP contribution in [0.2, 0.25) is 12.1 Å². The summed E-state index contributed by atoms with van der Waals surface area (Å²) in [5.74, 6) is 0. The van der Waals surface area contributed by atoms with Crippen molar-refractivity contribution in [3.63, 3.8) is 0 Å². The van der Waals surface area contributed by atoms with Crippen molar-refractivity contribution in [1.29, 1.82) is 0 Å². The van der Waals surface area contributed by atoms with Crippen LogP contribution in [0.4, 0.5) is 0 Å². The molecule has 0 heterocycles. The van der Waals surface area contributed by atoms with Crippen molar-refractivity contribution in [1.82, 2.24) is 0 Å². The van der Waals surface area contributed by atoms with E-state index in [0.717, 1.165) is 0 Å². The van der Waals surface area contributed by atoms with Gasteiger partial charge in [0.05, 0.1) is 0 Å². The van der Waals surface area contributed by atoms with E-state index in [1.54, 1.807) is 10.8 Å². The lowest BCUT2D eigenvalue weighted by Gasteiger charge is -2.33. The molecule has 2 rings (SSSR count). The average molecular weight is 285 g/mol. The van der Waals surface area contributed by atoms with Crippen molar-refractivity contribution in [2.24, 2.45) is 0 Å². The van der Waals surface area contributed by atoms with Crippen LogP contribution in [0.25, 0.3) is 0 Å². The minimum atomic E-state index is -1.48. The minimum Gasteiger partial charge on any atom is -0.0806 e. The van der Waals surface area contributed by atoms with Gasteiger partial charge >= 0.3 is 0 Å². The molecule has 0 N–H and O–H groups in total. The number of rotatable bonds is 7. The molecule has 0 saturated carbocycles. The summed E-state index contributed by atoms with van der Waals surface area (Å²) < 4.78 is 0. The third-order valence-corrected chi connectivity index (χ3v) is 10.5. The molecule has 0 aromatic heterocycles. The number of hydrogen-bond acceptors (Lipinski definition) is 0. The standard InChI is InChI=1S/C19H28Si/c1-4-7-12-17-13-11-16-19(17)20(5-2,6-3)18-14-9-8-10-15-18/h8-11,13-15H,4-7,12,16H2,1-3H3. The molecule has 0 unspecified atom stereocenters. The van der Waals surface area contributed by atoms with E-state index < -0.39 is 8.07 Å². The molecule has 0 spiro atoms. The second-order valence-electron chi connectivity index (χ2n) is 5.87. The van der Waals surface area contributed by atoms with Gasteiger partial charge in [-0.1, -0.05) is 97.7 Å². The average Bonchev–Trinajstić information content (AvgIpc) is 2.97. The van der Waals surface area contributed by atoms with Gasteiger partial charge in [0.15, 0.2) is 0 Å². The first kappa shape index (κ1) is 15.3. The Morgan fingerprint density at radius 2 is 1.70 bits per heavy atom. The zero-order valence-electron chi connectivity index (χ0n) is 13.3. The molecule has 0 aliphatic heterocycles. The fourth-order valence-electron chi connectivity index (χ4n) is 3.67. The molecule has 0 bridgehead atoms. The van der Waals surface area contributed by atoms with Crippen molar-refractivity contribution < 1.29 is 0 Å². The van der Waals surface area contributed by atoms with E-state index in [9.17, 15) is 0 Å². The van der Waals surface area contributed by atoms with Crippen LogP contribution in [-0.2, 0) is 0 Å². The summed E-state index contributed by atoms with van der Waals surface area (Å²) in [6.45, 7) is 7.11. The Morgan fingerprint density at radius 3 is 2.30 bits per heavy atom. The third-order valence-electron chi connectivity index (χ3n) is 4.94. The molecule has 1 heteroatoms. The normalized spacial score (nSPS) is 15.2. The summed E-state index contributed by atoms with van der Waals surface area (Å²) in [4.78, 5) is 0. The van der Waals surface area contributed by atoms with Crippen LogP contribution >= 0.6 is 0 Å². The van der Waals surface area contributed by atoms with Gasteiger partial charge in [0, 0.05) is 0 Å². The molecule has 20 heavy (non-hydrogen) atoms. The first-order valence-electron chi connectivity index (χ1n) is 8.23. The molecule has 0 nitrogen and oxygen atoms in total. The number of allylic oxidation sites excluding steroid dienone is 4. The van der Waals surface area contributed by atoms with Crippen molar-refractivity contribution in [2.75, 3.05) is 0 Å². The molecular weight excluding hydrogens is 256 g/mol. The molecule has 0 fully saturated rings. The highest BCUT2D eigenvalue weighted by atomic mass is 28.3. The number of unbranched alkanes of at least 4 members (excludes halogenated alkanes) is 1. The molecule has 1 aromatic rings. The van der Waals surface area contributed by atoms with Crippen molar-refractivity contribution in [3.05, 3.63) is 53.3 Å². The molecule has 0 atom stereocenters. The smallest absolute Gasteiger partial charge is 0.0806 e. The zero-order chi connectivity index (χ0) is 14.4. The Hall–Kier alpha value is -1.08. The van der Waals surface area contributed by atoms with E-state index in [4.69, 9.17) is 0 Å². The van der Waals surface area contributed by atoms with Gasteiger partial charge < -0.3 is 0 Å². The first-order chi connectivity index (χ1) is 9.78. The van der Waals surface area contributed by atoms with Gasteiger partial charge in [0.2, 0.25) is 0 Å². The van der Waals surface area contributed by atoms with Crippen molar-refractivity contribution in [3.8, 4) is 0 Å². The number of benzene rings is 1. The van der Waals surface area contributed by atoms with E-state index in [2.05, 4.69) is 63.3 Å². The molecule has 0 saturated heterocycles. The topological polar surface area (TPSA) is 0 Å². The highest BCUT2D eigenvalue weighted by Crippen LogP contribution is 2.35. The van der Waals surface area contributed by atoms with Crippen molar-refractivity contribution >= 4 is 13.3 Å². The third kappa shape index (κ3) is 2.83. The fraction of sp³-hybridized carbons (Fsp3) is 0.474. The summed E-state index contributed by atoms with van der Waals surface area (Å²) >= 11 is 0. The quantitative estimate of drug-likeness (QED) is 0.591. The molecular formula is C19H28Si. The van der Waals surface area contributed by atoms with Gasteiger partial charge in [0.1, 0.15) is 8.07 Å². The van der Waals surface area contributed by atoms with Crippen molar-refractivity contribution in [2.45, 2.75) is 58.5 Å². The van der Waals surface area contributed by atoms with Gasteiger partial charge in [-0.3, -0.25) is 0 Å². The van der Waals surface area contributed by atoms with Crippen LogP contribution in [0.15, 0.2) is 53.3 Å². The maximum Gasteiger partial charge on any atom is 0.113 e. The van der Waals surface area contributed by atoms with Crippen LogP contribution < -0.4 is 5.19 Å². The van der Waals surface area contributed by atoms with E-state index in [-0.39, 0.29) is 0 Å². The van der Waals surface area contributed by atoms with E-state index in [0.29, 0.717) is 0 Å². The summed E-state index contributed by atoms with van der Waals surface area (Å²) in [6.07, 6.45) is 9.93. The van der Waals surface area contributed by atoms with Crippen LogP contribution in [0.1, 0.15) is 46.5 Å². The summed E-state index contributed by atoms with van der Waals surface area (Å²) in [5, 5.41) is 3.46. The highest BCUT2D eigenvalue weighted by Gasteiger charge is 2.37. The van der Waals surface area contributed by atoms with Crippen LogP contribution in [0.3, 0.4) is 0 Å². The van der Waals surface area contributed by atoms with E-state index in [1.807, 2.05) is 5.20 Å². The van der Waals surface area contributed by atoms with Crippen LogP contribution in [-0.4, -0.2) is 8.07 Å². The fourth-order valence-corrected chi connectivity index (χ4v) is 8.35. The Morgan fingerprint density at radius 1 is 1.00 bits per heavy atom. The second kappa shape index (κ2) is 7.08. The maximum absolute atomic E-state index is 2.42. The lowest BCUT2D eigenvalue weighted by atomic mass is 10.1. The molecule has 0 amide bonds. The maximum atomic E-state index is 2.42. The second-order valence-corrected chi connectivity index (χ2v) is 10.6. The van der Waals surface area contributed by atoms with Crippen LogP contribution in [0, 0.1) is 0 Å². The van der Waals surface area contributed by atoms with E-state index in [1.165, 1.54) is 37.8 Å². The Kier molecular flexibility index (Phi) is 5.42. The lowest BCUT2D eigenvalue weighted by molar-refractivity contribution is 0.796. The number of hydrogen-bond donors (Lipinski definition) is 0. The minimum absolute atomic E-state index is 1.21. The van der Waals surface area contributed by atoms with Gasteiger partial charge in [0.25, 0.3) is 0 Å². The molecule has 1 aliphatic rings. The Balaban J connectivity index is 2.43. The summed E-state index contributed by atoms with van der Waals surface area (Å²) in [5.41, 5.74) is 1.67. The molecule has 108 valence electrons. The Bertz CT molecular complexity index is 478. The van der Waals surface area contributed by atoms with Crippen LogP contribution in [0.5, 0.6) is 0 Å². The van der Waals surface area contributed by atoms with Gasteiger partial charge in [-0.2, -0.15) is 0 Å². The lowest BCUT2D eigenvalue weighted by Crippen LogP contribution is -2.48. The summed E-state index contributed by atoms with van der Waals surface area (Å²) in [7, 11) is -1.48. The van der Waals surface area contributed by atoms with Gasteiger partial charge in [-0.05, 0) is 19.3 Å². The molecule has 1 aliphatic carbocycles. The predicted octanol–water partition coefficient (Wildman–Crippen LogP) is 5.37. The van der Waals surface area contributed by atoms with Gasteiger partial charge in [-0.15, -0.1) is 0 Å². The monoisotopic (exact) mass is 284 g/mol.